The number of hydrogen-bond donors (Lipinski definition) is 2. The lowest BCUT2D eigenvalue weighted by Gasteiger charge is -2.06. The van der Waals surface area contributed by atoms with E-state index < -0.39 is 11.9 Å². The number of rotatable bonds is 4. The summed E-state index contributed by atoms with van der Waals surface area (Å²) in [5.41, 5.74) is 1.30. The SMILES string of the molecule is O=C1NC(=O)/C(=C/Cc2ccc(Oc3ccccc3)cc2)N1. The highest BCUT2D eigenvalue weighted by atomic mass is 16.5. The van der Waals surface area contributed by atoms with E-state index in [2.05, 4.69) is 10.6 Å². The predicted octanol–water partition coefficient (Wildman–Crippen LogP) is 2.74. The van der Waals surface area contributed by atoms with E-state index in [9.17, 15) is 9.59 Å². The largest absolute Gasteiger partial charge is 0.457 e. The Morgan fingerprint density at radius 2 is 1.55 bits per heavy atom. The first-order chi connectivity index (χ1) is 10.7. The molecule has 2 aromatic carbocycles. The maximum Gasteiger partial charge on any atom is 0.326 e. The second-order valence-corrected chi connectivity index (χ2v) is 4.79. The van der Waals surface area contributed by atoms with Crippen molar-refractivity contribution in [3.05, 3.63) is 71.9 Å². The summed E-state index contributed by atoms with van der Waals surface area (Å²) in [5, 5.41) is 4.62. The molecule has 3 rings (SSSR count). The van der Waals surface area contributed by atoms with Crippen LogP contribution < -0.4 is 15.4 Å². The Kier molecular flexibility index (Phi) is 3.87. The minimum atomic E-state index is -0.483. The van der Waals surface area contributed by atoms with Crippen molar-refractivity contribution in [1.82, 2.24) is 10.6 Å². The molecule has 22 heavy (non-hydrogen) atoms. The highest BCUT2D eigenvalue weighted by molar-refractivity contribution is 6.11. The van der Waals surface area contributed by atoms with Crippen molar-refractivity contribution in [3.63, 3.8) is 0 Å². The maximum absolute atomic E-state index is 11.4. The molecule has 1 aliphatic rings. The van der Waals surface area contributed by atoms with Crippen LogP contribution in [0.5, 0.6) is 11.5 Å². The van der Waals surface area contributed by atoms with Gasteiger partial charge in [0.25, 0.3) is 5.91 Å². The van der Waals surface area contributed by atoms with Crippen LogP contribution in [0.25, 0.3) is 0 Å². The predicted molar refractivity (Wildman–Crippen MR) is 81.4 cm³/mol. The van der Waals surface area contributed by atoms with Gasteiger partial charge in [0.15, 0.2) is 0 Å². The van der Waals surface area contributed by atoms with Gasteiger partial charge >= 0.3 is 6.03 Å². The third-order valence-corrected chi connectivity index (χ3v) is 3.16. The van der Waals surface area contributed by atoms with E-state index in [0.717, 1.165) is 17.1 Å². The lowest BCUT2D eigenvalue weighted by Crippen LogP contribution is -2.22. The van der Waals surface area contributed by atoms with Crippen LogP contribution in [0.2, 0.25) is 0 Å². The van der Waals surface area contributed by atoms with Gasteiger partial charge in [-0.15, -0.1) is 0 Å². The normalized spacial score (nSPS) is 15.5. The first-order valence-corrected chi connectivity index (χ1v) is 6.85. The molecular formula is C17H14N2O3. The van der Waals surface area contributed by atoms with Gasteiger partial charge in [-0.3, -0.25) is 10.1 Å². The van der Waals surface area contributed by atoms with Crippen molar-refractivity contribution >= 4 is 11.9 Å². The number of amides is 3. The third kappa shape index (κ3) is 3.32. The molecule has 110 valence electrons. The molecule has 0 spiro atoms. The number of carbonyl (C=O) groups excluding carboxylic acids is 2. The summed E-state index contributed by atoms with van der Waals surface area (Å²) >= 11 is 0. The average molecular weight is 294 g/mol. The molecule has 1 saturated heterocycles. The number of benzene rings is 2. The molecule has 5 heteroatoms. The van der Waals surface area contributed by atoms with E-state index in [-0.39, 0.29) is 5.70 Å². The lowest BCUT2D eigenvalue weighted by molar-refractivity contribution is -0.115. The molecule has 0 unspecified atom stereocenters. The molecular weight excluding hydrogens is 280 g/mol. The molecule has 0 bridgehead atoms. The van der Waals surface area contributed by atoms with Crippen molar-refractivity contribution in [2.45, 2.75) is 6.42 Å². The Morgan fingerprint density at radius 3 is 2.18 bits per heavy atom. The van der Waals surface area contributed by atoms with Crippen LogP contribution in [0.1, 0.15) is 5.56 Å². The fourth-order valence-corrected chi connectivity index (χ4v) is 2.06. The second kappa shape index (κ2) is 6.13. The topological polar surface area (TPSA) is 67.4 Å². The molecule has 5 nitrogen and oxygen atoms in total. The zero-order valence-corrected chi connectivity index (χ0v) is 11.7. The molecule has 0 saturated carbocycles. The molecule has 0 aromatic heterocycles. The Bertz CT molecular complexity index is 721. The number of hydrogen-bond acceptors (Lipinski definition) is 3. The summed E-state index contributed by atoms with van der Waals surface area (Å²) < 4.78 is 5.71. The van der Waals surface area contributed by atoms with E-state index >= 15 is 0 Å². The fraction of sp³-hybridized carbons (Fsp3) is 0.0588. The van der Waals surface area contributed by atoms with E-state index in [4.69, 9.17) is 4.74 Å². The summed E-state index contributed by atoms with van der Waals surface area (Å²) in [6.07, 6.45) is 2.24. The van der Waals surface area contributed by atoms with Gasteiger partial charge in [0.05, 0.1) is 0 Å². The zero-order chi connectivity index (χ0) is 15.4. The Morgan fingerprint density at radius 1 is 0.864 bits per heavy atom. The van der Waals surface area contributed by atoms with Crippen molar-refractivity contribution in [1.29, 1.82) is 0 Å². The highest BCUT2D eigenvalue weighted by Crippen LogP contribution is 2.21. The van der Waals surface area contributed by atoms with Crippen LogP contribution in [0.15, 0.2) is 66.4 Å². The molecule has 1 fully saturated rings. The Hall–Kier alpha value is -3.08. The quantitative estimate of drug-likeness (QED) is 0.673. The molecule has 1 aliphatic heterocycles. The summed E-state index contributed by atoms with van der Waals surface area (Å²) in [6, 6.07) is 16.6. The number of para-hydroxylation sites is 1. The van der Waals surface area contributed by atoms with Gasteiger partial charge in [-0.2, -0.15) is 0 Å². The number of carbonyl (C=O) groups is 2. The second-order valence-electron chi connectivity index (χ2n) is 4.79. The minimum absolute atomic E-state index is 0.287. The van der Waals surface area contributed by atoms with Crippen molar-refractivity contribution < 1.29 is 14.3 Å². The van der Waals surface area contributed by atoms with Gasteiger partial charge < -0.3 is 10.1 Å². The van der Waals surface area contributed by atoms with Gasteiger partial charge in [-0.1, -0.05) is 36.4 Å². The first-order valence-electron chi connectivity index (χ1n) is 6.85. The fourth-order valence-electron chi connectivity index (χ4n) is 2.06. The van der Waals surface area contributed by atoms with Crippen LogP contribution in [0.3, 0.4) is 0 Å². The van der Waals surface area contributed by atoms with Crippen molar-refractivity contribution in [2.24, 2.45) is 0 Å². The van der Waals surface area contributed by atoms with E-state index in [0.29, 0.717) is 6.42 Å². The van der Waals surface area contributed by atoms with Crippen LogP contribution >= 0.6 is 0 Å². The standard InChI is InChI=1S/C17H14N2O3/c20-16-15(18-17(21)19-16)11-8-12-6-9-14(10-7-12)22-13-4-2-1-3-5-13/h1-7,9-11H,8H2,(H2,18,19,20,21)/b15-11-. The van der Waals surface area contributed by atoms with E-state index in [1.165, 1.54) is 0 Å². The molecule has 0 atom stereocenters. The molecule has 0 aliphatic carbocycles. The number of imide groups is 1. The molecule has 0 radical (unpaired) electrons. The van der Waals surface area contributed by atoms with Crippen LogP contribution in [0, 0.1) is 0 Å². The van der Waals surface area contributed by atoms with Crippen LogP contribution in [-0.2, 0) is 11.2 Å². The van der Waals surface area contributed by atoms with Crippen LogP contribution in [-0.4, -0.2) is 11.9 Å². The summed E-state index contributed by atoms with van der Waals surface area (Å²) in [7, 11) is 0. The lowest BCUT2D eigenvalue weighted by atomic mass is 10.1. The summed E-state index contributed by atoms with van der Waals surface area (Å²) in [6.45, 7) is 0. The Labute approximate surface area is 127 Å². The Balaban J connectivity index is 1.63. The van der Waals surface area contributed by atoms with Crippen molar-refractivity contribution in [2.75, 3.05) is 0 Å². The van der Waals surface area contributed by atoms with Crippen LogP contribution in [0.4, 0.5) is 4.79 Å². The molecule has 1 heterocycles. The van der Waals surface area contributed by atoms with Gasteiger partial charge in [0.2, 0.25) is 0 Å². The monoisotopic (exact) mass is 294 g/mol. The molecule has 2 aromatic rings. The number of allylic oxidation sites excluding steroid dienone is 1. The third-order valence-electron chi connectivity index (χ3n) is 3.16. The number of nitrogens with one attached hydrogen (secondary N) is 2. The highest BCUT2D eigenvalue weighted by Gasteiger charge is 2.22. The summed E-state index contributed by atoms with van der Waals surface area (Å²) in [4.78, 5) is 22.4. The average Bonchev–Trinajstić information content (AvgIpc) is 2.85. The maximum atomic E-state index is 11.4. The number of ether oxygens (including phenoxy) is 1. The van der Waals surface area contributed by atoms with Crippen molar-refractivity contribution in [3.8, 4) is 11.5 Å². The molecule has 2 N–H and O–H groups in total. The minimum Gasteiger partial charge on any atom is -0.457 e. The first kappa shape index (κ1) is 13.9. The zero-order valence-electron chi connectivity index (χ0n) is 11.7. The smallest absolute Gasteiger partial charge is 0.326 e. The summed E-state index contributed by atoms with van der Waals surface area (Å²) in [5.74, 6) is 1.13. The number of urea groups is 1. The van der Waals surface area contributed by atoms with Gasteiger partial charge in [0.1, 0.15) is 17.2 Å². The van der Waals surface area contributed by atoms with Gasteiger partial charge in [-0.05, 0) is 36.2 Å². The van der Waals surface area contributed by atoms with Gasteiger partial charge in [-0.25, -0.2) is 4.79 Å². The van der Waals surface area contributed by atoms with E-state index in [1.54, 1.807) is 6.08 Å². The molecule has 3 amide bonds. The van der Waals surface area contributed by atoms with E-state index in [1.807, 2.05) is 54.6 Å². The van der Waals surface area contributed by atoms with Gasteiger partial charge in [0, 0.05) is 0 Å².